The molecule has 0 bridgehead atoms. The van der Waals surface area contributed by atoms with E-state index in [1.807, 2.05) is 0 Å². The molecule has 0 radical (unpaired) electrons. The van der Waals surface area contributed by atoms with E-state index in [-0.39, 0.29) is 0 Å². The highest BCUT2D eigenvalue weighted by Crippen LogP contribution is 2.42. The Morgan fingerprint density at radius 1 is 1.30 bits per heavy atom. The molecule has 1 heterocycles. The molecule has 1 atom stereocenters. The van der Waals surface area contributed by atoms with Crippen molar-refractivity contribution in [2.45, 2.75) is 57.1 Å². The van der Waals surface area contributed by atoms with Crippen molar-refractivity contribution in [1.82, 2.24) is 5.32 Å². The Labute approximate surface area is 128 Å². The smallest absolute Gasteiger partial charge is 0.0140 e. The van der Waals surface area contributed by atoms with E-state index in [9.17, 15) is 0 Å². The van der Waals surface area contributed by atoms with Crippen molar-refractivity contribution in [3.05, 3.63) is 29.8 Å². The van der Waals surface area contributed by atoms with Crippen molar-refractivity contribution in [1.29, 1.82) is 0 Å². The van der Waals surface area contributed by atoms with Crippen LogP contribution in [0.3, 0.4) is 0 Å². The van der Waals surface area contributed by atoms with Crippen LogP contribution < -0.4 is 5.32 Å². The molecule has 0 amide bonds. The Kier molecular flexibility index (Phi) is 5.57. The maximum atomic E-state index is 3.58. The molecule has 1 unspecified atom stereocenters. The second-order valence-corrected chi connectivity index (χ2v) is 8.61. The molecule has 1 N–H and O–H groups in total. The molecular formula is C18H29NS. The molecule has 0 fully saturated rings. The third kappa shape index (κ3) is 4.82. The van der Waals surface area contributed by atoms with Crippen molar-refractivity contribution in [3.63, 3.8) is 0 Å². The van der Waals surface area contributed by atoms with Crippen molar-refractivity contribution in [2.75, 3.05) is 13.1 Å². The van der Waals surface area contributed by atoms with Crippen LogP contribution in [0.25, 0.3) is 0 Å². The lowest BCUT2D eigenvalue weighted by molar-refractivity contribution is 0.297. The summed E-state index contributed by atoms with van der Waals surface area (Å²) in [5.41, 5.74) is 1.99. The molecule has 1 aromatic rings. The fourth-order valence-electron chi connectivity index (χ4n) is 2.90. The molecule has 0 saturated carbocycles. The second-order valence-electron chi connectivity index (χ2n) is 7.27. The second kappa shape index (κ2) is 7.00. The summed E-state index contributed by atoms with van der Waals surface area (Å²) in [5, 5.41) is 4.35. The average Bonchev–Trinajstić information content (AvgIpc) is 2.75. The van der Waals surface area contributed by atoms with Gasteiger partial charge in [-0.25, -0.2) is 0 Å². The van der Waals surface area contributed by atoms with Crippen LogP contribution in [0.15, 0.2) is 29.2 Å². The summed E-state index contributed by atoms with van der Waals surface area (Å²) in [5.74, 6) is 0.748. The lowest BCUT2D eigenvalue weighted by atomic mass is 9.83. The molecule has 0 saturated heterocycles. The topological polar surface area (TPSA) is 12.0 Å². The summed E-state index contributed by atoms with van der Waals surface area (Å²) in [6.45, 7) is 11.7. The van der Waals surface area contributed by atoms with Gasteiger partial charge < -0.3 is 5.32 Å². The zero-order chi connectivity index (χ0) is 14.6. The minimum Gasteiger partial charge on any atom is -0.316 e. The fourth-order valence-corrected chi connectivity index (χ4v) is 4.52. The molecule has 20 heavy (non-hydrogen) atoms. The first kappa shape index (κ1) is 15.9. The van der Waals surface area contributed by atoms with Crippen molar-refractivity contribution in [3.8, 4) is 0 Å². The van der Waals surface area contributed by atoms with Crippen molar-refractivity contribution in [2.24, 2.45) is 11.3 Å². The van der Waals surface area contributed by atoms with Crippen LogP contribution in [0.1, 0.15) is 46.1 Å². The first-order valence-electron chi connectivity index (χ1n) is 7.91. The zero-order valence-electron chi connectivity index (χ0n) is 13.4. The Morgan fingerprint density at radius 3 is 2.75 bits per heavy atom. The van der Waals surface area contributed by atoms with Gasteiger partial charge in [-0.2, -0.15) is 0 Å². The van der Waals surface area contributed by atoms with Crippen LogP contribution in [0.2, 0.25) is 0 Å². The first-order chi connectivity index (χ1) is 9.46. The van der Waals surface area contributed by atoms with Crippen molar-refractivity contribution < 1.29 is 0 Å². The highest BCUT2D eigenvalue weighted by Gasteiger charge is 2.28. The molecule has 1 nitrogen and oxygen atoms in total. The highest BCUT2D eigenvalue weighted by molar-refractivity contribution is 8.00. The van der Waals surface area contributed by atoms with Crippen LogP contribution in [-0.4, -0.2) is 18.3 Å². The maximum absolute atomic E-state index is 3.58. The van der Waals surface area contributed by atoms with Gasteiger partial charge >= 0.3 is 0 Å². The van der Waals surface area contributed by atoms with Gasteiger partial charge in [-0.1, -0.05) is 45.9 Å². The largest absolute Gasteiger partial charge is 0.316 e. The van der Waals surface area contributed by atoms with Gasteiger partial charge in [0.1, 0.15) is 0 Å². The predicted molar refractivity (Wildman–Crippen MR) is 90.5 cm³/mol. The third-order valence-electron chi connectivity index (χ3n) is 4.03. The van der Waals surface area contributed by atoms with Crippen LogP contribution in [-0.2, 0) is 6.42 Å². The van der Waals surface area contributed by atoms with E-state index in [0.717, 1.165) is 24.3 Å². The number of hydrogen-bond acceptors (Lipinski definition) is 2. The van der Waals surface area contributed by atoms with Gasteiger partial charge in [-0.05, 0) is 55.3 Å². The molecule has 1 aliphatic heterocycles. The normalized spacial score (nSPS) is 18.6. The minimum atomic E-state index is 0.434. The van der Waals surface area contributed by atoms with Crippen molar-refractivity contribution >= 4 is 11.8 Å². The maximum Gasteiger partial charge on any atom is 0.0140 e. The fraction of sp³-hybridized carbons (Fsp3) is 0.667. The van der Waals surface area contributed by atoms with Crippen LogP contribution in [0.4, 0.5) is 0 Å². The molecule has 1 aromatic carbocycles. The Morgan fingerprint density at radius 2 is 2.05 bits per heavy atom. The first-order valence-corrected chi connectivity index (χ1v) is 8.79. The van der Waals surface area contributed by atoms with E-state index in [2.05, 4.69) is 69.0 Å². The zero-order valence-corrected chi connectivity index (χ0v) is 14.2. The molecule has 0 aliphatic carbocycles. The summed E-state index contributed by atoms with van der Waals surface area (Å²) < 4.78 is 0. The van der Waals surface area contributed by atoms with Gasteiger partial charge in [-0.15, -0.1) is 11.8 Å². The molecule has 2 heteroatoms. The van der Waals surface area contributed by atoms with Crippen LogP contribution >= 0.6 is 11.8 Å². The Balaban J connectivity index is 1.76. The number of benzene rings is 1. The number of hydrogen-bond donors (Lipinski definition) is 1. The van der Waals surface area contributed by atoms with Crippen LogP contribution in [0.5, 0.6) is 0 Å². The lowest BCUT2D eigenvalue weighted by Gasteiger charge is -2.28. The SMILES string of the molecule is CC(C)CNCCC(C)(C)CC1Cc2ccccc2S1. The Hall–Kier alpha value is -0.470. The number of fused-ring (bicyclic) bond motifs is 1. The minimum absolute atomic E-state index is 0.434. The van der Waals surface area contributed by atoms with E-state index >= 15 is 0 Å². The molecule has 0 spiro atoms. The molecule has 0 aromatic heterocycles. The summed E-state index contributed by atoms with van der Waals surface area (Å²) in [7, 11) is 0. The summed E-state index contributed by atoms with van der Waals surface area (Å²) in [4.78, 5) is 1.51. The molecule has 2 rings (SSSR count). The highest BCUT2D eigenvalue weighted by atomic mass is 32.2. The van der Waals surface area contributed by atoms with Gasteiger partial charge in [0.25, 0.3) is 0 Å². The Bertz CT molecular complexity index is 400. The van der Waals surface area contributed by atoms with Gasteiger partial charge in [0.05, 0.1) is 0 Å². The monoisotopic (exact) mass is 291 g/mol. The van der Waals surface area contributed by atoms with E-state index < -0.39 is 0 Å². The van der Waals surface area contributed by atoms with Gasteiger partial charge in [-0.3, -0.25) is 0 Å². The lowest BCUT2D eigenvalue weighted by Crippen LogP contribution is -2.27. The third-order valence-corrected chi connectivity index (χ3v) is 5.34. The van der Waals surface area contributed by atoms with E-state index in [0.29, 0.717) is 5.41 Å². The van der Waals surface area contributed by atoms with Gasteiger partial charge in [0.2, 0.25) is 0 Å². The summed E-state index contributed by atoms with van der Waals surface area (Å²) >= 11 is 2.09. The average molecular weight is 292 g/mol. The number of nitrogens with one attached hydrogen (secondary N) is 1. The summed E-state index contributed by atoms with van der Waals surface area (Å²) in [6, 6.07) is 8.90. The number of thioether (sulfide) groups is 1. The standard InChI is InChI=1S/C18H29NS/c1-14(2)13-19-10-9-18(3,4)12-16-11-15-7-5-6-8-17(15)20-16/h5-8,14,16,19H,9-13H2,1-4H3. The van der Waals surface area contributed by atoms with Gasteiger partial charge in [0.15, 0.2) is 0 Å². The summed E-state index contributed by atoms with van der Waals surface area (Å²) in [6.07, 6.45) is 3.84. The molecule has 112 valence electrons. The quantitative estimate of drug-likeness (QED) is 0.727. The molecular weight excluding hydrogens is 262 g/mol. The predicted octanol–water partition coefficient (Wildman–Crippen LogP) is 4.76. The molecule has 1 aliphatic rings. The van der Waals surface area contributed by atoms with E-state index in [1.165, 1.54) is 24.2 Å². The van der Waals surface area contributed by atoms with Crippen LogP contribution in [0, 0.1) is 11.3 Å². The van der Waals surface area contributed by atoms with E-state index in [4.69, 9.17) is 0 Å². The van der Waals surface area contributed by atoms with E-state index in [1.54, 1.807) is 5.56 Å². The van der Waals surface area contributed by atoms with Gasteiger partial charge in [0, 0.05) is 10.1 Å². The number of rotatable bonds is 7.